The summed E-state index contributed by atoms with van der Waals surface area (Å²) in [7, 11) is -0.209. The van der Waals surface area contributed by atoms with Crippen LogP contribution in [0.25, 0.3) is 0 Å². The number of methoxy groups -OCH3 is 3. The van der Waals surface area contributed by atoms with Crippen molar-refractivity contribution in [2.45, 2.75) is 17.9 Å². The highest BCUT2D eigenvalue weighted by Crippen LogP contribution is 2.34. The lowest BCUT2D eigenvalue weighted by Crippen LogP contribution is -2.19. The van der Waals surface area contributed by atoms with Crippen LogP contribution in [0.4, 0.5) is 5.69 Å². The fourth-order valence-electron chi connectivity index (χ4n) is 4.14. The molecule has 0 heterocycles. The Morgan fingerprint density at radius 2 is 1.46 bits per heavy atom. The maximum Gasteiger partial charge on any atom is 0.340 e. The number of ether oxygens (including phenoxy) is 4. The van der Waals surface area contributed by atoms with Crippen molar-refractivity contribution in [3.05, 3.63) is 119 Å². The predicted octanol–water partition coefficient (Wildman–Crippen LogP) is 5.24. The zero-order valence-corrected chi connectivity index (χ0v) is 23.6. The van der Waals surface area contributed by atoms with Crippen molar-refractivity contribution >= 4 is 27.6 Å². The van der Waals surface area contributed by atoms with Gasteiger partial charge in [-0.05, 0) is 65.6 Å². The van der Waals surface area contributed by atoms with Gasteiger partial charge in [-0.2, -0.15) is 0 Å². The monoisotopic (exact) mass is 575 g/mol. The van der Waals surface area contributed by atoms with Crippen LogP contribution in [-0.2, 0) is 32.5 Å². The molecule has 212 valence electrons. The molecule has 0 bridgehead atoms. The molecule has 0 saturated carbocycles. The molecule has 1 N–H and O–H groups in total. The zero-order chi connectivity index (χ0) is 29.4. The number of nitrogens with one attached hydrogen (secondary N) is 1. The van der Waals surface area contributed by atoms with E-state index in [1.807, 2.05) is 30.3 Å². The molecule has 0 atom stereocenters. The van der Waals surface area contributed by atoms with Crippen molar-refractivity contribution < 1.29 is 37.0 Å². The molecule has 41 heavy (non-hydrogen) atoms. The second-order valence-electron chi connectivity index (χ2n) is 8.89. The number of sulfonamides is 1. The standard InChI is InChI=1S/C31H29NO8S/c1-37-25-16-17-28(24(19-25)18-21-8-5-4-6-9-21)41(35,36)32-29-26(31(34)39-3)10-7-11-27(29)40-20-22-12-14-23(15-13-22)30(33)38-2/h4-17,19,32H,18,20H2,1-3H3. The van der Waals surface area contributed by atoms with Crippen LogP contribution in [0, 0.1) is 0 Å². The summed E-state index contributed by atoms with van der Waals surface area (Å²) in [5.74, 6) is -0.585. The van der Waals surface area contributed by atoms with Crippen molar-refractivity contribution in [1.82, 2.24) is 0 Å². The van der Waals surface area contributed by atoms with E-state index in [2.05, 4.69) is 4.72 Å². The molecule has 0 amide bonds. The minimum atomic E-state index is -4.22. The lowest BCUT2D eigenvalue weighted by Gasteiger charge is -2.18. The van der Waals surface area contributed by atoms with Gasteiger partial charge in [0, 0.05) is 0 Å². The number of para-hydroxylation sites is 1. The number of carbonyl (C=O) groups is 2. The van der Waals surface area contributed by atoms with Crippen molar-refractivity contribution in [3.63, 3.8) is 0 Å². The Morgan fingerprint density at radius 1 is 0.756 bits per heavy atom. The van der Waals surface area contributed by atoms with Gasteiger partial charge in [-0.15, -0.1) is 0 Å². The maximum atomic E-state index is 13.8. The smallest absolute Gasteiger partial charge is 0.340 e. The predicted molar refractivity (Wildman–Crippen MR) is 153 cm³/mol. The van der Waals surface area contributed by atoms with Crippen molar-refractivity contribution in [3.8, 4) is 11.5 Å². The van der Waals surface area contributed by atoms with Crippen LogP contribution in [-0.4, -0.2) is 41.7 Å². The summed E-state index contributed by atoms with van der Waals surface area (Å²) in [6.45, 7) is 0.0304. The second kappa shape index (κ2) is 13.0. The number of benzene rings is 4. The van der Waals surface area contributed by atoms with E-state index in [0.29, 0.717) is 28.9 Å². The third-order valence-corrected chi connectivity index (χ3v) is 7.68. The normalized spacial score (nSPS) is 10.9. The molecule has 0 fully saturated rings. The van der Waals surface area contributed by atoms with Crippen molar-refractivity contribution in [1.29, 1.82) is 0 Å². The van der Waals surface area contributed by atoms with Gasteiger partial charge < -0.3 is 18.9 Å². The molecule has 0 aliphatic carbocycles. The fourth-order valence-corrected chi connectivity index (χ4v) is 5.45. The topological polar surface area (TPSA) is 117 Å². The minimum Gasteiger partial charge on any atom is -0.497 e. The Kier molecular flexibility index (Phi) is 9.26. The van der Waals surface area contributed by atoms with E-state index < -0.39 is 22.0 Å². The van der Waals surface area contributed by atoms with E-state index in [0.717, 1.165) is 5.56 Å². The first kappa shape index (κ1) is 29.2. The molecule has 0 aromatic heterocycles. The molecule has 0 spiro atoms. The number of esters is 2. The van der Waals surface area contributed by atoms with Crippen LogP contribution in [0.2, 0.25) is 0 Å². The quantitative estimate of drug-likeness (QED) is 0.241. The molecule has 0 saturated heterocycles. The highest BCUT2D eigenvalue weighted by molar-refractivity contribution is 7.92. The van der Waals surface area contributed by atoms with Gasteiger partial charge in [-0.25, -0.2) is 18.0 Å². The summed E-state index contributed by atoms with van der Waals surface area (Å²) >= 11 is 0. The number of carbonyl (C=O) groups excluding carboxylic acids is 2. The molecular weight excluding hydrogens is 546 g/mol. The Hall–Kier alpha value is -4.83. The molecule has 0 radical (unpaired) electrons. The van der Waals surface area contributed by atoms with Crippen LogP contribution in [0.3, 0.4) is 0 Å². The average molecular weight is 576 g/mol. The second-order valence-corrected chi connectivity index (χ2v) is 10.5. The van der Waals surface area contributed by atoms with Gasteiger partial charge in [0.1, 0.15) is 23.8 Å². The number of hydrogen-bond donors (Lipinski definition) is 1. The van der Waals surface area contributed by atoms with Gasteiger partial charge in [0.2, 0.25) is 0 Å². The van der Waals surface area contributed by atoms with Gasteiger partial charge in [0.25, 0.3) is 10.0 Å². The highest BCUT2D eigenvalue weighted by atomic mass is 32.2. The van der Waals surface area contributed by atoms with E-state index >= 15 is 0 Å². The van der Waals surface area contributed by atoms with Gasteiger partial charge in [-0.3, -0.25) is 4.72 Å². The van der Waals surface area contributed by atoms with E-state index in [-0.39, 0.29) is 28.5 Å². The molecule has 0 aliphatic rings. The number of hydrogen-bond acceptors (Lipinski definition) is 8. The van der Waals surface area contributed by atoms with E-state index in [1.165, 1.54) is 33.5 Å². The third kappa shape index (κ3) is 7.03. The number of anilines is 1. The molecule has 4 aromatic carbocycles. The number of rotatable bonds is 11. The summed E-state index contributed by atoms with van der Waals surface area (Å²) in [6, 6.07) is 25.3. The summed E-state index contributed by atoms with van der Waals surface area (Å²) in [6.07, 6.45) is 0.331. The summed E-state index contributed by atoms with van der Waals surface area (Å²) in [5.41, 5.74) is 2.42. The summed E-state index contributed by atoms with van der Waals surface area (Å²) in [4.78, 5) is 24.4. The third-order valence-electron chi connectivity index (χ3n) is 6.23. The van der Waals surface area contributed by atoms with Gasteiger partial charge in [0.15, 0.2) is 0 Å². The van der Waals surface area contributed by atoms with Gasteiger partial charge >= 0.3 is 11.9 Å². The molecular formula is C31H29NO8S. The summed E-state index contributed by atoms with van der Waals surface area (Å²) < 4.78 is 51.1. The molecule has 4 rings (SSSR count). The Balaban J connectivity index is 1.69. The van der Waals surface area contributed by atoms with Crippen LogP contribution >= 0.6 is 0 Å². The first-order valence-corrected chi connectivity index (χ1v) is 14.0. The first-order valence-electron chi connectivity index (χ1n) is 12.5. The molecule has 0 aliphatic heterocycles. The molecule has 0 unspecified atom stereocenters. The molecule has 10 heteroatoms. The molecule has 4 aromatic rings. The van der Waals surface area contributed by atoms with E-state index in [4.69, 9.17) is 18.9 Å². The SMILES string of the molecule is COC(=O)c1ccc(COc2cccc(C(=O)OC)c2NS(=O)(=O)c2ccc(OC)cc2Cc2ccccc2)cc1. The fraction of sp³-hybridized carbons (Fsp3) is 0.161. The first-order chi connectivity index (χ1) is 19.7. The van der Waals surface area contributed by atoms with Gasteiger partial charge in [-0.1, -0.05) is 48.5 Å². The van der Waals surface area contributed by atoms with E-state index in [9.17, 15) is 18.0 Å². The lowest BCUT2D eigenvalue weighted by molar-refractivity contribution is 0.0592. The van der Waals surface area contributed by atoms with Crippen molar-refractivity contribution in [2.24, 2.45) is 0 Å². The van der Waals surface area contributed by atoms with Gasteiger partial charge in [0.05, 0.1) is 37.4 Å². The maximum absolute atomic E-state index is 13.8. The van der Waals surface area contributed by atoms with Crippen LogP contribution in [0.1, 0.15) is 37.4 Å². The highest BCUT2D eigenvalue weighted by Gasteiger charge is 2.25. The van der Waals surface area contributed by atoms with E-state index in [1.54, 1.807) is 48.5 Å². The van der Waals surface area contributed by atoms with Crippen LogP contribution in [0.5, 0.6) is 11.5 Å². The Morgan fingerprint density at radius 3 is 2.12 bits per heavy atom. The van der Waals surface area contributed by atoms with Crippen molar-refractivity contribution in [2.75, 3.05) is 26.1 Å². The average Bonchev–Trinajstić information content (AvgIpc) is 3.00. The Labute approximate surface area is 238 Å². The largest absolute Gasteiger partial charge is 0.497 e. The molecule has 9 nitrogen and oxygen atoms in total. The summed E-state index contributed by atoms with van der Waals surface area (Å²) in [5, 5.41) is 0. The Bertz CT molecular complexity index is 1630. The van der Waals surface area contributed by atoms with Crippen LogP contribution in [0.15, 0.2) is 95.9 Å². The van der Waals surface area contributed by atoms with Crippen LogP contribution < -0.4 is 14.2 Å². The zero-order valence-electron chi connectivity index (χ0n) is 22.7. The minimum absolute atomic E-state index is 0.0196. The lowest BCUT2D eigenvalue weighted by atomic mass is 10.0.